The Kier molecular flexibility index (Phi) is 5.49. The van der Waals surface area contributed by atoms with E-state index in [1.807, 2.05) is 6.07 Å². The average Bonchev–Trinajstić information content (AvgIpc) is 1.88. The van der Waals surface area contributed by atoms with E-state index in [2.05, 4.69) is 4.52 Å². The summed E-state index contributed by atoms with van der Waals surface area (Å²) in [6, 6.07) is 8.65. The van der Waals surface area contributed by atoms with Gasteiger partial charge in [-0.1, -0.05) is 18.2 Å². The lowest BCUT2D eigenvalue weighted by Gasteiger charge is -2.02. The molecule has 1 aromatic rings. The lowest BCUT2D eigenvalue weighted by Crippen LogP contribution is -1.82. The average molecular weight is 188 g/mol. The molecule has 60 valence electrons. The molecule has 11 heavy (non-hydrogen) atoms. The molecular formula is C6H10AlO3P. The van der Waals surface area contributed by atoms with E-state index >= 15 is 0 Å². The molecule has 0 bridgehead atoms. The maximum atomic E-state index is 8.40. The predicted molar refractivity (Wildman–Crippen MR) is 48.4 cm³/mol. The van der Waals surface area contributed by atoms with E-state index in [0.717, 1.165) is 0 Å². The van der Waals surface area contributed by atoms with Gasteiger partial charge in [0.25, 0.3) is 0 Å². The quantitative estimate of drug-likeness (QED) is 0.511. The van der Waals surface area contributed by atoms with Gasteiger partial charge in [-0.3, -0.25) is 0 Å². The number of hydrogen-bond donors (Lipinski definition) is 2. The molecule has 5 heteroatoms. The van der Waals surface area contributed by atoms with Crippen LogP contribution in [0.2, 0.25) is 0 Å². The standard InChI is InChI=1S/C6H7O3P.Al.3H/c7-10(8)9-6-4-2-1-3-5-6;;;;/h1-5,7-8H;;;;. The summed E-state index contributed by atoms with van der Waals surface area (Å²) in [7, 11) is -2.28. The summed E-state index contributed by atoms with van der Waals surface area (Å²) >= 11 is 0. The first kappa shape index (κ1) is 10.9. The van der Waals surface area contributed by atoms with E-state index in [0.29, 0.717) is 5.75 Å². The molecule has 0 heterocycles. The molecule has 0 aliphatic carbocycles. The van der Waals surface area contributed by atoms with Gasteiger partial charge in [-0.05, 0) is 12.1 Å². The van der Waals surface area contributed by atoms with Crippen LogP contribution in [0.25, 0.3) is 0 Å². The van der Waals surface area contributed by atoms with Gasteiger partial charge in [0.2, 0.25) is 0 Å². The second kappa shape index (κ2) is 5.54. The van der Waals surface area contributed by atoms with E-state index in [1.165, 1.54) is 0 Å². The third-order valence-corrected chi connectivity index (χ3v) is 1.30. The van der Waals surface area contributed by atoms with Crippen molar-refractivity contribution in [2.24, 2.45) is 0 Å². The Morgan fingerprint density at radius 1 is 1.09 bits per heavy atom. The van der Waals surface area contributed by atoms with Crippen LogP contribution in [0.3, 0.4) is 0 Å². The van der Waals surface area contributed by atoms with E-state index in [-0.39, 0.29) is 17.4 Å². The lowest BCUT2D eigenvalue weighted by molar-refractivity contribution is 0.375. The second-order valence-corrected chi connectivity index (χ2v) is 2.35. The van der Waals surface area contributed by atoms with Crippen LogP contribution < -0.4 is 4.52 Å². The zero-order valence-corrected chi connectivity index (χ0v) is 6.03. The van der Waals surface area contributed by atoms with Gasteiger partial charge < -0.3 is 14.3 Å². The minimum atomic E-state index is -2.28. The third-order valence-electron chi connectivity index (χ3n) is 0.930. The molecule has 0 atom stereocenters. The van der Waals surface area contributed by atoms with Crippen molar-refractivity contribution in [3.63, 3.8) is 0 Å². The molecule has 2 N–H and O–H groups in total. The maximum absolute atomic E-state index is 8.40. The van der Waals surface area contributed by atoms with Crippen molar-refractivity contribution in [1.82, 2.24) is 0 Å². The molecule has 1 rings (SSSR count). The monoisotopic (exact) mass is 188 g/mol. The van der Waals surface area contributed by atoms with Gasteiger partial charge >= 0.3 is 8.60 Å². The molecular weight excluding hydrogens is 178 g/mol. The van der Waals surface area contributed by atoms with Crippen LogP contribution in [0, 0.1) is 0 Å². The molecule has 0 amide bonds. The summed E-state index contributed by atoms with van der Waals surface area (Å²) in [5.41, 5.74) is 0. The van der Waals surface area contributed by atoms with Gasteiger partial charge in [0.15, 0.2) is 17.4 Å². The highest BCUT2D eigenvalue weighted by atomic mass is 31.2. The van der Waals surface area contributed by atoms with Crippen molar-refractivity contribution in [2.45, 2.75) is 0 Å². The largest absolute Gasteiger partial charge is 0.427 e. The van der Waals surface area contributed by atoms with Crippen LogP contribution in [0.1, 0.15) is 0 Å². The van der Waals surface area contributed by atoms with Gasteiger partial charge in [0.1, 0.15) is 5.75 Å². The highest BCUT2D eigenvalue weighted by Crippen LogP contribution is 2.27. The maximum Gasteiger partial charge on any atom is 0.391 e. The zero-order valence-electron chi connectivity index (χ0n) is 5.14. The Labute approximate surface area is 76.8 Å². The Morgan fingerprint density at radius 2 is 1.64 bits per heavy atom. The van der Waals surface area contributed by atoms with E-state index < -0.39 is 8.60 Å². The van der Waals surface area contributed by atoms with Crippen LogP contribution in [0.4, 0.5) is 0 Å². The Morgan fingerprint density at radius 3 is 2.09 bits per heavy atom. The van der Waals surface area contributed by atoms with Crippen LogP contribution in [-0.4, -0.2) is 27.1 Å². The minimum Gasteiger partial charge on any atom is -0.427 e. The summed E-state index contributed by atoms with van der Waals surface area (Å²) < 4.78 is 4.59. The first-order valence-corrected chi connectivity index (χ1v) is 3.86. The van der Waals surface area contributed by atoms with Crippen LogP contribution in [0.5, 0.6) is 5.75 Å². The van der Waals surface area contributed by atoms with Gasteiger partial charge in [-0.25, -0.2) is 0 Å². The first-order valence-electron chi connectivity index (χ1n) is 2.70. The summed E-state index contributed by atoms with van der Waals surface area (Å²) in [6.45, 7) is 0. The third kappa shape index (κ3) is 4.37. The minimum absolute atomic E-state index is 0. The summed E-state index contributed by atoms with van der Waals surface area (Å²) in [5, 5.41) is 0. The van der Waals surface area contributed by atoms with E-state index in [9.17, 15) is 0 Å². The Balaban J connectivity index is 0.000001000. The fraction of sp³-hybridized carbons (Fsp3) is 0. The molecule has 0 fully saturated rings. The second-order valence-electron chi connectivity index (χ2n) is 1.66. The van der Waals surface area contributed by atoms with Crippen LogP contribution in [0.15, 0.2) is 30.3 Å². The molecule has 1 aromatic carbocycles. The number of rotatable bonds is 2. The Hall–Kier alpha value is -0.0975. The zero-order chi connectivity index (χ0) is 7.40. The van der Waals surface area contributed by atoms with Crippen molar-refractivity contribution in [3.05, 3.63) is 30.3 Å². The number of benzene rings is 1. The Bertz CT molecular complexity index is 192. The molecule has 0 unspecified atom stereocenters. The molecule has 0 aliphatic rings. The van der Waals surface area contributed by atoms with E-state index in [4.69, 9.17) is 9.79 Å². The first-order chi connectivity index (χ1) is 4.79. The summed E-state index contributed by atoms with van der Waals surface area (Å²) in [5.74, 6) is 0.471. The van der Waals surface area contributed by atoms with Gasteiger partial charge in [-0.2, -0.15) is 0 Å². The number of para-hydroxylation sites is 1. The van der Waals surface area contributed by atoms with Crippen molar-refractivity contribution in [1.29, 1.82) is 0 Å². The molecule has 0 aliphatic heterocycles. The van der Waals surface area contributed by atoms with Crippen molar-refractivity contribution in [3.8, 4) is 5.75 Å². The molecule has 0 saturated carbocycles. The molecule has 0 aromatic heterocycles. The SMILES string of the molecule is OP(O)Oc1ccccc1.[AlH3]. The molecule has 0 radical (unpaired) electrons. The van der Waals surface area contributed by atoms with Gasteiger partial charge in [0.05, 0.1) is 0 Å². The topological polar surface area (TPSA) is 49.7 Å². The normalized spacial score (nSPS) is 9.00. The van der Waals surface area contributed by atoms with Crippen LogP contribution in [-0.2, 0) is 0 Å². The fourth-order valence-electron chi connectivity index (χ4n) is 0.576. The summed E-state index contributed by atoms with van der Waals surface area (Å²) in [6.07, 6.45) is 0. The predicted octanol–water partition coefficient (Wildman–Crippen LogP) is 0.0930. The fourth-order valence-corrected chi connectivity index (χ4v) is 0.886. The molecule has 0 saturated heterocycles. The van der Waals surface area contributed by atoms with Gasteiger partial charge in [-0.15, -0.1) is 0 Å². The van der Waals surface area contributed by atoms with Crippen LogP contribution >= 0.6 is 8.60 Å². The summed E-state index contributed by atoms with van der Waals surface area (Å²) in [4.78, 5) is 16.8. The molecule has 0 spiro atoms. The van der Waals surface area contributed by atoms with Gasteiger partial charge in [0, 0.05) is 0 Å². The lowest BCUT2D eigenvalue weighted by atomic mass is 10.3. The molecule has 3 nitrogen and oxygen atoms in total. The van der Waals surface area contributed by atoms with Crippen molar-refractivity contribution in [2.75, 3.05) is 0 Å². The number of hydrogen-bond acceptors (Lipinski definition) is 3. The highest BCUT2D eigenvalue weighted by Gasteiger charge is 1.99. The van der Waals surface area contributed by atoms with Crippen molar-refractivity contribution < 1.29 is 14.3 Å². The van der Waals surface area contributed by atoms with E-state index in [1.54, 1.807) is 24.3 Å². The van der Waals surface area contributed by atoms with Crippen molar-refractivity contribution >= 4 is 26.0 Å². The smallest absolute Gasteiger partial charge is 0.391 e. The highest BCUT2D eigenvalue weighted by molar-refractivity contribution is 7.39.